The Morgan fingerprint density at radius 2 is 1.95 bits per heavy atom. The highest BCUT2D eigenvalue weighted by Crippen LogP contribution is 2.28. The van der Waals surface area contributed by atoms with Gasteiger partial charge in [0, 0.05) is 24.1 Å². The van der Waals surface area contributed by atoms with Crippen molar-refractivity contribution in [2.75, 3.05) is 18.1 Å². The highest BCUT2D eigenvalue weighted by molar-refractivity contribution is 7.99. The van der Waals surface area contributed by atoms with Crippen molar-refractivity contribution < 1.29 is 19.5 Å². The van der Waals surface area contributed by atoms with Crippen LogP contribution in [-0.2, 0) is 14.4 Å². The van der Waals surface area contributed by atoms with E-state index >= 15 is 0 Å². The van der Waals surface area contributed by atoms with Crippen LogP contribution < -0.4 is 10.6 Å². The standard InChI is InChI=1S/C14H24N2O4S/c1-13(2,3)11(18)15-7-4-5-10(17)16-14(12(19)20)6-8-21-9-14/h4-9H2,1-3H3,(H,15,18)(H,16,17)(H,19,20). The number of thioether (sulfide) groups is 1. The Kier molecular flexibility index (Phi) is 6.07. The van der Waals surface area contributed by atoms with Gasteiger partial charge in [0.1, 0.15) is 5.54 Å². The molecule has 1 heterocycles. The molecule has 21 heavy (non-hydrogen) atoms. The van der Waals surface area contributed by atoms with Crippen LogP contribution in [0.5, 0.6) is 0 Å². The maximum atomic E-state index is 11.9. The first-order valence-electron chi connectivity index (χ1n) is 7.08. The SMILES string of the molecule is CC(C)(C)C(=O)NCCCC(=O)NC1(C(=O)O)CCSC1. The normalized spacial score (nSPS) is 21.9. The smallest absolute Gasteiger partial charge is 0.330 e. The average molecular weight is 316 g/mol. The lowest BCUT2D eigenvalue weighted by molar-refractivity contribution is -0.146. The number of carboxylic acids is 1. The summed E-state index contributed by atoms with van der Waals surface area (Å²) < 4.78 is 0. The van der Waals surface area contributed by atoms with Gasteiger partial charge in [-0.2, -0.15) is 11.8 Å². The summed E-state index contributed by atoms with van der Waals surface area (Å²) in [6.45, 7) is 5.88. The number of amides is 2. The molecule has 1 aliphatic rings. The van der Waals surface area contributed by atoms with Crippen molar-refractivity contribution in [3.63, 3.8) is 0 Å². The van der Waals surface area contributed by atoms with Gasteiger partial charge in [0.05, 0.1) is 0 Å². The minimum Gasteiger partial charge on any atom is -0.479 e. The second kappa shape index (κ2) is 7.15. The lowest BCUT2D eigenvalue weighted by atomic mass is 9.96. The molecular weight excluding hydrogens is 292 g/mol. The molecule has 6 nitrogen and oxygen atoms in total. The van der Waals surface area contributed by atoms with E-state index in [-0.39, 0.29) is 18.2 Å². The van der Waals surface area contributed by atoms with Gasteiger partial charge >= 0.3 is 5.97 Å². The third-order valence-electron chi connectivity index (χ3n) is 3.36. The van der Waals surface area contributed by atoms with Crippen LogP contribution in [0.2, 0.25) is 0 Å². The summed E-state index contributed by atoms with van der Waals surface area (Å²) in [6, 6.07) is 0. The predicted octanol–water partition coefficient (Wildman–Crippen LogP) is 1.01. The van der Waals surface area contributed by atoms with Gasteiger partial charge in [-0.15, -0.1) is 0 Å². The summed E-state index contributed by atoms with van der Waals surface area (Å²) in [7, 11) is 0. The van der Waals surface area contributed by atoms with Crippen molar-refractivity contribution in [2.45, 2.75) is 45.6 Å². The number of rotatable bonds is 6. The average Bonchev–Trinajstić information content (AvgIpc) is 2.83. The second-order valence-electron chi connectivity index (χ2n) is 6.35. The minimum atomic E-state index is -1.11. The number of hydrogen-bond acceptors (Lipinski definition) is 4. The van der Waals surface area contributed by atoms with Crippen LogP contribution >= 0.6 is 11.8 Å². The summed E-state index contributed by atoms with van der Waals surface area (Å²) in [5, 5.41) is 14.7. The highest BCUT2D eigenvalue weighted by atomic mass is 32.2. The third kappa shape index (κ3) is 5.22. The largest absolute Gasteiger partial charge is 0.479 e. The lowest BCUT2D eigenvalue weighted by Crippen LogP contribution is -2.54. The van der Waals surface area contributed by atoms with E-state index in [2.05, 4.69) is 10.6 Å². The number of nitrogens with one attached hydrogen (secondary N) is 2. The van der Waals surface area contributed by atoms with Crippen molar-refractivity contribution in [3.8, 4) is 0 Å². The lowest BCUT2D eigenvalue weighted by Gasteiger charge is -2.24. The predicted molar refractivity (Wildman–Crippen MR) is 82.2 cm³/mol. The van der Waals surface area contributed by atoms with Crippen LogP contribution in [0.4, 0.5) is 0 Å². The van der Waals surface area contributed by atoms with Crippen LogP contribution in [0.1, 0.15) is 40.0 Å². The van der Waals surface area contributed by atoms with Crippen molar-refractivity contribution >= 4 is 29.5 Å². The van der Waals surface area contributed by atoms with E-state index in [0.717, 1.165) is 5.75 Å². The molecule has 3 N–H and O–H groups in total. The molecule has 7 heteroatoms. The number of hydrogen-bond donors (Lipinski definition) is 3. The number of carbonyl (C=O) groups is 3. The molecule has 1 saturated heterocycles. The van der Waals surface area contributed by atoms with Crippen molar-refractivity contribution in [1.29, 1.82) is 0 Å². The molecule has 0 aliphatic carbocycles. The van der Waals surface area contributed by atoms with Gasteiger partial charge in [-0.25, -0.2) is 4.79 Å². The number of carbonyl (C=O) groups excluding carboxylic acids is 2. The van der Waals surface area contributed by atoms with Crippen LogP contribution in [0.25, 0.3) is 0 Å². The number of carboxylic acid groups (broad SMARTS) is 1. The first-order chi connectivity index (χ1) is 9.67. The van der Waals surface area contributed by atoms with E-state index in [0.29, 0.717) is 25.1 Å². The maximum absolute atomic E-state index is 11.9. The molecule has 0 bridgehead atoms. The monoisotopic (exact) mass is 316 g/mol. The van der Waals surface area contributed by atoms with E-state index in [9.17, 15) is 19.5 Å². The Balaban J connectivity index is 2.31. The minimum absolute atomic E-state index is 0.0582. The molecule has 0 spiro atoms. The van der Waals surface area contributed by atoms with Gasteiger partial charge < -0.3 is 15.7 Å². The molecule has 2 amide bonds. The van der Waals surface area contributed by atoms with Gasteiger partial charge in [0.2, 0.25) is 11.8 Å². The van der Waals surface area contributed by atoms with Crippen LogP contribution in [0.3, 0.4) is 0 Å². The summed E-state index contributed by atoms with van der Waals surface area (Å²) in [5.74, 6) is -0.146. The van der Waals surface area contributed by atoms with Crippen molar-refractivity contribution in [3.05, 3.63) is 0 Å². The fourth-order valence-corrected chi connectivity index (χ4v) is 3.26. The van der Waals surface area contributed by atoms with Crippen molar-refractivity contribution in [2.24, 2.45) is 5.41 Å². The summed E-state index contributed by atoms with van der Waals surface area (Å²) >= 11 is 1.53. The van der Waals surface area contributed by atoms with Gasteiger partial charge in [0.15, 0.2) is 0 Å². The fourth-order valence-electron chi connectivity index (χ4n) is 1.93. The van der Waals surface area contributed by atoms with Crippen LogP contribution in [0, 0.1) is 5.41 Å². The molecule has 1 rings (SSSR count). The highest BCUT2D eigenvalue weighted by Gasteiger charge is 2.43. The van der Waals surface area contributed by atoms with Gasteiger partial charge in [-0.1, -0.05) is 20.8 Å². The molecule has 1 fully saturated rings. The Bertz CT molecular complexity index is 412. The first-order valence-corrected chi connectivity index (χ1v) is 8.23. The topological polar surface area (TPSA) is 95.5 Å². The molecule has 0 saturated carbocycles. The van der Waals surface area contributed by atoms with E-state index in [1.54, 1.807) is 0 Å². The molecule has 1 aliphatic heterocycles. The molecule has 1 atom stereocenters. The van der Waals surface area contributed by atoms with Gasteiger partial charge in [-0.3, -0.25) is 9.59 Å². The van der Waals surface area contributed by atoms with Gasteiger partial charge in [-0.05, 0) is 18.6 Å². The molecule has 0 radical (unpaired) electrons. The Hall–Kier alpha value is -1.24. The molecule has 0 aromatic carbocycles. The zero-order valence-corrected chi connectivity index (χ0v) is 13.6. The quantitative estimate of drug-likeness (QED) is 0.636. The Morgan fingerprint density at radius 3 is 2.43 bits per heavy atom. The Morgan fingerprint density at radius 1 is 1.29 bits per heavy atom. The second-order valence-corrected chi connectivity index (χ2v) is 7.45. The maximum Gasteiger partial charge on any atom is 0.330 e. The summed E-state index contributed by atoms with van der Waals surface area (Å²) in [5.41, 5.74) is -1.56. The fraction of sp³-hybridized carbons (Fsp3) is 0.786. The third-order valence-corrected chi connectivity index (χ3v) is 4.55. The molecule has 120 valence electrons. The number of aliphatic carboxylic acids is 1. The van der Waals surface area contributed by atoms with Crippen LogP contribution in [-0.4, -0.2) is 46.5 Å². The van der Waals surface area contributed by atoms with E-state index in [1.165, 1.54) is 11.8 Å². The van der Waals surface area contributed by atoms with Gasteiger partial charge in [0.25, 0.3) is 0 Å². The van der Waals surface area contributed by atoms with Crippen molar-refractivity contribution in [1.82, 2.24) is 10.6 Å². The van der Waals surface area contributed by atoms with E-state index in [4.69, 9.17) is 0 Å². The summed E-state index contributed by atoms with van der Waals surface area (Å²) in [6.07, 6.45) is 1.17. The molecule has 0 aromatic rings. The Labute approximate surface area is 129 Å². The molecular formula is C14H24N2O4S. The van der Waals surface area contributed by atoms with E-state index < -0.39 is 16.9 Å². The summed E-state index contributed by atoms with van der Waals surface area (Å²) in [4.78, 5) is 34.8. The van der Waals surface area contributed by atoms with E-state index in [1.807, 2.05) is 20.8 Å². The zero-order valence-electron chi connectivity index (χ0n) is 12.8. The first kappa shape index (κ1) is 17.8. The van der Waals surface area contributed by atoms with Crippen LogP contribution in [0.15, 0.2) is 0 Å². The molecule has 0 aromatic heterocycles. The molecule has 1 unspecified atom stereocenters. The zero-order chi connectivity index (χ0) is 16.1.